The number of nitrogens with zero attached hydrogens (tertiary/aromatic N) is 3. The first-order chi connectivity index (χ1) is 18.8. The number of methoxy groups -OCH3 is 1. The van der Waals surface area contributed by atoms with Crippen molar-refractivity contribution in [2.75, 3.05) is 43.6 Å². The lowest BCUT2D eigenvalue weighted by molar-refractivity contribution is -0.136. The number of benzene rings is 1. The molecule has 2 aromatic rings. The van der Waals surface area contributed by atoms with Crippen molar-refractivity contribution in [2.24, 2.45) is 17.8 Å². The first-order valence-corrected chi connectivity index (χ1v) is 14.2. The fraction of sp³-hybridized carbons (Fsp3) is 0.567. The first-order valence-electron chi connectivity index (χ1n) is 14.2. The van der Waals surface area contributed by atoms with Crippen molar-refractivity contribution in [1.82, 2.24) is 15.6 Å². The van der Waals surface area contributed by atoms with Crippen LogP contribution >= 0.6 is 0 Å². The monoisotopic (exact) mass is 533 g/mol. The average molecular weight is 534 g/mol. The molecule has 9 nitrogen and oxygen atoms in total. The lowest BCUT2D eigenvalue weighted by Gasteiger charge is -2.58. The molecule has 1 aliphatic heterocycles. The number of carbonyl (C=O) groups is 2. The SMILES string of the molecule is CNC(=O)c1cc(N2CCN(c3cccc(C(=O)NC4C5CC6CC4CC(O)(C6)C5)n3)[C@H](C)C2)ccc1OC. The number of nitrogens with one attached hydrogen (secondary N) is 2. The lowest BCUT2D eigenvalue weighted by Crippen LogP contribution is -2.61. The quantitative estimate of drug-likeness (QED) is 0.524. The van der Waals surface area contributed by atoms with Gasteiger partial charge in [-0.3, -0.25) is 9.59 Å². The van der Waals surface area contributed by atoms with E-state index in [4.69, 9.17) is 9.72 Å². The largest absolute Gasteiger partial charge is 0.496 e. The minimum Gasteiger partial charge on any atom is -0.496 e. The average Bonchev–Trinajstić information content (AvgIpc) is 2.93. The van der Waals surface area contributed by atoms with Gasteiger partial charge in [-0.1, -0.05) is 6.07 Å². The Kier molecular flexibility index (Phi) is 6.65. The van der Waals surface area contributed by atoms with Crippen LogP contribution in [-0.4, -0.2) is 73.4 Å². The zero-order chi connectivity index (χ0) is 27.3. The van der Waals surface area contributed by atoms with Gasteiger partial charge < -0.3 is 30.3 Å². The second-order valence-corrected chi connectivity index (χ2v) is 12.0. The van der Waals surface area contributed by atoms with Crippen LogP contribution in [0.1, 0.15) is 59.9 Å². The molecule has 0 spiro atoms. The Hall–Kier alpha value is -3.33. The summed E-state index contributed by atoms with van der Waals surface area (Å²) in [5, 5.41) is 16.9. The van der Waals surface area contributed by atoms with Gasteiger partial charge in [0.25, 0.3) is 11.8 Å². The second-order valence-electron chi connectivity index (χ2n) is 12.0. The van der Waals surface area contributed by atoms with Gasteiger partial charge in [0.1, 0.15) is 17.3 Å². The van der Waals surface area contributed by atoms with E-state index in [9.17, 15) is 14.7 Å². The maximum Gasteiger partial charge on any atom is 0.270 e. The summed E-state index contributed by atoms with van der Waals surface area (Å²) >= 11 is 0. The van der Waals surface area contributed by atoms with Gasteiger partial charge in [-0.05, 0) is 87.1 Å². The molecule has 0 radical (unpaired) electrons. The Morgan fingerprint density at radius 3 is 2.51 bits per heavy atom. The molecule has 5 fully saturated rings. The number of hydrogen-bond donors (Lipinski definition) is 3. The predicted octanol–water partition coefficient (Wildman–Crippen LogP) is 2.83. The number of amides is 2. The van der Waals surface area contributed by atoms with Crippen LogP contribution in [0.25, 0.3) is 0 Å². The molecule has 208 valence electrons. The molecule has 3 N–H and O–H groups in total. The molecule has 7 rings (SSSR count). The number of rotatable bonds is 6. The molecule has 39 heavy (non-hydrogen) atoms. The Morgan fingerprint density at radius 1 is 1.08 bits per heavy atom. The zero-order valence-electron chi connectivity index (χ0n) is 23.0. The summed E-state index contributed by atoms with van der Waals surface area (Å²) < 4.78 is 5.38. The molecular formula is C30H39N5O4. The van der Waals surface area contributed by atoms with Crippen molar-refractivity contribution in [1.29, 1.82) is 0 Å². The van der Waals surface area contributed by atoms with E-state index in [2.05, 4.69) is 27.4 Å². The van der Waals surface area contributed by atoms with Crippen LogP contribution in [0.2, 0.25) is 0 Å². The van der Waals surface area contributed by atoms with Crippen LogP contribution in [0, 0.1) is 17.8 Å². The second kappa shape index (κ2) is 10.0. The highest BCUT2D eigenvalue weighted by Crippen LogP contribution is 2.55. The van der Waals surface area contributed by atoms with Gasteiger partial charge in [0, 0.05) is 44.5 Å². The molecule has 4 aliphatic carbocycles. The summed E-state index contributed by atoms with van der Waals surface area (Å²) in [5.74, 6) is 2.39. The van der Waals surface area contributed by atoms with Crippen molar-refractivity contribution in [2.45, 2.75) is 56.7 Å². The molecular weight excluding hydrogens is 494 g/mol. The van der Waals surface area contributed by atoms with E-state index >= 15 is 0 Å². The van der Waals surface area contributed by atoms with Crippen LogP contribution in [0.15, 0.2) is 36.4 Å². The van der Waals surface area contributed by atoms with Crippen molar-refractivity contribution >= 4 is 23.3 Å². The summed E-state index contributed by atoms with van der Waals surface area (Å²) in [6.07, 6.45) is 4.76. The minimum atomic E-state index is -0.510. The van der Waals surface area contributed by atoms with Gasteiger partial charge >= 0.3 is 0 Å². The number of carbonyl (C=O) groups excluding carboxylic acids is 2. The summed E-state index contributed by atoms with van der Waals surface area (Å²) in [6.45, 7) is 4.42. The van der Waals surface area contributed by atoms with E-state index in [1.165, 1.54) is 0 Å². The topological polar surface area (TPSA) is 107 Å². The summed E-state index contributed by atoms with van der Waals surface area (Å²) in [5.41, 5.74) is 1.42. The fourth-order valence-corrected chi connectivity index (χ4v) is 7.89. The van der Waals surface area contributed by atoms with Crippen LogP contribution in [0.3, 0.4) is 0 Å². The molecule has 3 atom stereocenters. The molecule has 9 heteroatoms. The Bertz CT molecular complexity index is 1250. The highest BCUT2D eigenvalue weighted by molar-refractivity contribution is 5.97. The van der Waals surface area contributed by atoms with E-state index in [1.807, 2.05) is 30.3 Å². The van der Waals surface area contributed by atoms with E-state index in [-0.39, 0.29) is 23.9 Å². The third kappa shape index (κ3) is 4.81. The summed E-state index contributed by atoms with van der Waals surface area (Å²) in [6, 6.07) is 11.7. The Labute approximate surface area is 229 Å². The molecule has 1 aromatic carbocycles. The molecule has 1 saturated heterocycles. The van der Waals surface area contributed by atoms with Gasteiger partial charge in [0.15, 0.2) is 0 Å². The number of anilines is 2. The number of hydrogen-bond acceptors (Lipinski definition) is 7. The Morgan fingerprint density at radius 2 is 1.85 bits per heavy atom. The predicted molar refractivity (Wildman–Crippen MR) is 149 cm³/mol. The molecule has 1 aromatic heterocycles. The number of aliphatic hydroxyl groups is 1. The number of piperazine rings is 1. The Balaban J connectivity index is 1.13. The van der Waals surface area contributed by atoms with E-state index in [0.29, 0.717) is 34.8 Å². The summed E-state index contributed by atoms with van der Waals surface area (Å²) in [7, 11) is 3.18. The fourth-order valence-electron chi connectivity index (χ4n) is 7.89. The van der Waals surface area contributed by atoms with Crippen molar-refractivity contribution in [3.63, 3.8) is 0 Å². The van der Waals surface area contributed by atoms with Crippen LogP contribution in [-0.2, 0) is 0 Å². The summed E-state index contributed by atoms with van der Waals surface area (Å²) in [4.78, 5) is 35.0. The van der Waals surface area contributed by atoms with Crippen molar-refractivity contribution in [3.8, 4) is 5.75 Å². The van der Waals surface area contributed by atoms with Gasteiger partial charge in [-0.2, -0.15) is 0 Å². The molecule has 2 unspecified atom stereocenters. The zero-order valence-corrected chi connectivity index (χ0v) is 23.0. The molecule has 4 bridgehead atoms. The van der Waals surface area contributed by atoms with Crippen LogP contribution < -0.4 is 25.2 Å². The van der Waals surface area contributed by atoms with Crippen LogP contribution in [0.4, 0.5) is 11.5 Å². The lowest BCUT2D eigenvalue weighted by atomic mass is 9.52. The molecule has 4 saturated carbocycles. The number of aromatic nitrogens is 1. The van der Waals surface area contributed by atoms with E-state index in [0.717, 1.165) is 63.2 Å². The minimum absolute atomic E-state index is 0.118. The maximum atomic E-state index is 13.3. The molecule has 5 aliphatic rings. The van der Waals surface area contributed by atoms with Crippen molar-refractivity contribution in [3.05, 3.63) is 47.7 Å². The smallest absolute Gasteiger partial charge is 0.270 e. The van der Waals surface area contributed by atoms with Gasteiger partial charge in [-0.15, -0.1) is 0 Å². The standard InChI is InChI=1S/C30H39N5O4/c1-18-17-34(22-7-8-25(39-3)23(13-22)28(36)31-2)9-10-35(18)26-6-4-5-24(32-26)29(37)33-27-20-11-19-12-21(27)16-30(38,14-19)15-20/h4-8,13,18-21,27,38H,9-12,14-17H2,1-3H3,(H,31,36)(H,33,37)/t18-,19?,20?,21?,27?,30?/m1/s1. The van der Waals surface area contributed by atoms with Gasteiger partial charge in [0.2, 0.25) is 0 Å². The molecule has 2 amide bonds. The highest BCUT2D eigenvalue weighted by Gasteiger charge is 2.55. The van der Waals surface area contributed by atoms with E-state index in [1.54, 1.807) is 20.2 Å². The maximum absolute atomic E-state index is 13.3. The first kappa shape index (κ1) is 25.9. The normalized spacial score (nSPS) is 31.2. The van der Waals surface area contributed by atoms with Gasteiger partial charge in [-0.25, -0.2) is 4.98 Å². The van der Waals surface area contributed by atoms with E-state index < -0.39 is 5.60 Å². The third-order valence-electron chi connectivity index (χ3n) is 9.45. The van der Waals surface area contributed by atoms with Crippen LogP contribution in [0.5, 0.6) is 5.75 Å². The van der Waals surface area contributed by atoms with Gasteiger partial charge in [0.05, 0.1) is 18.3 Å². The highest BCUT2D eigenvalue weighted by atomic mass is 16.5. The number of ether oxygens (including phenoxy) is 1. The van der Waals surface area contributed by atoms with Crippen molar-refractivity contribution < 1.29 is 19.4 Å². The number of pyridine rings is 1. The third-order valence-corrected chi connectivity index (χ3v) is 9.45. The molecule has 2 heterocycles.